The van der Waals surface area contributed by atoms with Gasteiger partial charge in [-0.2, -0.15) is 0 Å². The molecule has 2 nitrogen and oxygen atoms in total. The number of alkyl halides is 1. The van der Waals surface area contributed by atoms with Crippen LogP contribution in [-0.2, 0) is 9.84 Å². The van der Waals surface area contributed by atoms with E-state index in [1.807, 2.05) is 0 Å². The van der Waals surface area contributed by atoms with Gasteiger partial charge in [0.1, 0.15) is 5.21 Å². The maximum absolute atomic E-state index is 11.3. The minimum Gasteiger partial charge on any atom is -0.222 e. The predicted molar refractivity (Wildman–Crippen MR) is 49.1 cm³/mol. The Bertz CT molecular complexity index is 370. The molecule has 4 heteroatoms. The summed E-state index contributed by atoms with van der Waals surface area (Å²) in [5, 5.41) is -0.363. The highest BCUT2D eigenvalue weighted by Crippen LogP contribution is 2.16. The average Bonchev–Trinajstić information content (AvgIpc) is 2.05. The van der Waals surface area contributed by atoms with Crippen LogP contribution in [0.4, 0.5) is 0 Å². The van der Waals surface area contributed by atoms with Crippen molar-refractivity contribution in [2.24, 2.45) is 0 Å². The molecule has 0 amide bonds. The smallest absolute Gasteiger partial charge is 0.192 e. The minimum absolute atomic E-state index is 0.319. The van der Waals surface area contributed by atoms with Crippen molar-refractivity contribution in [3.8, 4) is 0 Å². The Morgan fingerprint density at radius 3 is 2.42 bits per heavy atom. The molecule has 0 fully saturated rings. The summed E-state index contributed by atoms with van der Waals surface area (Å²) in [4.78, 5) is 0.319. The summed E-state index contributed by atoms with van der Waals surface area (Å²) in [5.74, 6) is 0. The van der Waals surface area contributed by atoms with E-state index in [-0.39, 0.29) is 5.21 Å². The second-order valence-electron chi connectivity index (χ2n) is 2.49. The molecule has 0 aliphatic heterocycles. The first kappa shape index (κ1) is 9.55. The van der Waals surface area contributed by atoms with Crippen LogP contribution in [0.1, 0.15) is 5.56 Å². The van der Waals surface area contributed by atoms with Gasteiger partial charge in [-0.05, 0) is 18.6 Å². The van der Waals surface area contributed by atoms with Crippen LogP contribution < -0.4 is 0 Å². The largest absolute Gasteiger partial charge is 0.222 e. The molecule has 0 aliphatic rings. The van der Waals surface area contributed by atoms with Gasteiger partial charge < -0.3 is 0 Å². The highest BCUT2D eigenvalue weighted by atomic mass is 35.5. The lowest BCUT2D eigenvalue weighted by Crippen LogP contribution is -2.03. The molecule has 12 heavy (non-hydrogen) atoms. The summed E-state index contributed by atoms with van der Waals surface area (Å²) >= 11 is 5.31. The molecule has 0 aromatic heterocycles. The molecule has 0 heterocycles. The van der Waals surface area contributed by atoms with Gasteiger partial charge in [-0.25, -0.2) is 8.42 Å². The van der Waals surface area contributed by atoms with Crippen molar-refractivity contribution < 1.29 is 8.42 Å². The number of hydrogen-bond donors (Lipinski definition) is 0. The quantitative estimate of drug-likeness (QED) is 0.691. The van der Waals surface area contributed by atoms with Crippen LogP contribution in [0.25, 0.3) is 0 Å². The van der Waals surface area contributed by atoms with Gasteiger partial charge in [0.15, 0.2) is 9.84 Å². The van der Waals surface area contributed by atoms with E-state index < -0.39 is 9.84 Å². The highest BCUT2D eigenvalue weighted by Gasteiger charge is 2.13. The Balaban J connectivity index is 3.30. The van der Waals surface area contributed by atoms with Gasteiger partial charge >= 0.3 is 0 Å². The van der Waals surface area contributed by atoms with Crippen LogP contribution in [0, 0.1) is 6.92 Å². The molecular formula is C8H9ClO2S. The fourth-order valence-corrected chi connectivity index (χ4v) is 2.28. The molecule has 1 aromatic rings. The summed E-state index contributed by atoms with van der Waals surface area (Å²) in [7, 11) is -3.26. The van der Waals surface area contributed by atoms with Crippen molar-refractivity contribution in [3.63, 3.8) is 0 Å². The third kappa shape index (κ3) is 1.79. The Morgan fingerprint density at radius 2 is 1.92 bits per heavy atom. The molecule has 0 unspecified atom stereocenters. The van der Waals surface area contributed by atoms with Gasteiger partial charge in [-0.1, -0.05) is 18.2 Å². The van der Waals surface area contributed by atoms with Gasteiger partial charge in [-0.15, -0.1) is 11.6 Å². The zero-order valence-electron chi connectivity index (χ0n) is 6.62. The molecule has 0 saturated carbocycles. The van der Waals surface area contributed by atoms with Crippen LogP contribution in [0.5, 0.6) is 0 Å². The Hall–Kier alpha value is -0.540. The van der Waals surface area contributed by atoms with E-state index in [2.05, 4.69) is 0 Å². The zero-order chi connectivity index (χ0) is 9.19. The Labute approximate surface area is 77.1 Å². The molecule has 0 atom stereocenters. The van der Waals surface area contributed by atoms with E-state index in [0.29, 0.717) is 4.90 Å². The second-order valence-corrected chi connectivity index (χ2v) is 5.03. The number of halogens is 1. The van der Waals surface area contributed by atoms with E-state index in [1.165, 1.54) is 0 Å². The number of rotatable bonds is 2. The first-order chi connectivity index (χ1) is 5.58. The van der Waals surface area contributed by atoms with E-state index in [1.54, 1.807) is 31.2 Å². The topological polar surface area (TPSA) is 34.1 Å². The average molecular weight is 205 g/mol. The van der Waals surface area contributed by atoms with Crippen LogP contribution in [0.15, 0.2) is 29.2 Å². The van der Waals surface area contributed by atoms with E-state index in [0.717, 1.165) is 5.56 Å². The zero-order valence-corrected chi connectivity index (χ0v) is 8.19. The van der Waals surface area contributed by atoms with Crippen LogP contribution in [0.3, 0.4) is 0 Å². The number of aryl methyl sites for hydroxylation is 1. The van der Waals surface area contributed by atoms with Crippen molar-refractivity contribution in [3.05, 3.63) is 29.8 Å². The minimum atomic E-state index is -3.26. The van der Waals surface area contributed by atoms with Crippen LogP contribution in [0.2, 0.25) is 0 Å². The molecule has 0 radical (unpaired) electrons. The van der Waals surface area contributed by atoms with Gasteiger partial charge in [-0.3, -0.25) is 0 Å². The third-order valence-electron chi connectivity index (χ3n) is 1.57. The number of sulfone groups is 1. The van der Waals surface area contributed by atoms with Gasteiger partial charge in [0.25, 0.3) is 0 Å². The number of hydrogen-bond acceptors (Lipinski definition) is 2. The van der Waals surface area contributed by atoms with Crippen molar-refractivity contribution >= 4 is 21.4 Å². The Morgan fingerprint density at radius 1 is 1.33 bits per heavy atom. The van der Waals surface area contributed by atoms with Crippen molar-refractivity contribution in [1.29, 1.82) is 0 Å². The van der Waals surface area contributed by atoms with Crippen molar-refractivity contribution in [2.75, 3.05) is 5.21 Å². The summed E-state index contributed by atoms with van der Waals surface area (Å²) in [6.45, 7) is 1.75. The normalized spacial score (nSPS) is 11.5. The fourth-order valence-electron chi connectivity index (χ4n) is 0.964. The van der Waals surface area contributed by atoms with Crippen molar-refractivity contribution in [1.82, 2.24) is 0 Å². The van der Waals surface area contributed by atoms with Crippen LogP contribution >= 0.6 is 11.6 Å². The molecule has 1 rings (SSSR count). The van der Waals surface area contributed by atoms with E-state index >= 15 is 0 Å². The standard InChI is InChI=1S/C8H9ClO2S/c1-7-4-2-3-5-8(7)12(10,11)6-9/h2-5H,6H2,1H3. The first-order valence-electron chi connectivity index (χ1n) is 3.42. The summed E-state index contributed by atoms with van der Waals surface area (Å²) in [5.41, 5.74) is 0.734. The molecule has 66 valence electrons. The lowest BCUT2D eigenvalue weighted by molar-refractivity contribution is 0.600. The molecule has 0 spiro atoms. The maximum Gasteiger partial charge on any atom is 0.192 e. The molecule has 0 N–H and O–H groups in total. The summed E-state index contributed by atoms with van der Waals surface area (Å²) in [6.07, 6.45) is 0. The monoisotopic (exact) mass is 204 g/mol. The molecule has 1 aromatic carbocycles. The highest BCUT2D eigenvalue weighted by molar-refractivity contribution is 7.92. The number of benzene rings is 1. The molecule has 0 aliphatic carbocycles. The van der Waals surface area contributed by atoms with Crippen molar-refractivity contribution in [2.45, 2.75) is 11.8 Å². The van der Waals surface area contributed by atoms with E-state index in [4.69, 9.17) is 11.6 Å². The van der Waals surface area contributed by atoms with Gasteiger partial charge in [0.2, 0.25) is 0 Å². The SMILES string of the molecule is Cc1ccccc1S(=O)(=O)CCl. The second kappa shape index (κ2) is 3.46. The molecular weight excluding hydrogens is 196 g/mol. The van der Waals surface area contributed by atoms with Gasteiger partial charge in [0.05, 0.1) is 4.90 Å². The lowest BCUT2D eigenvalue weighted by atomic mass is 10.2. The van der Waals surface area contributed by atoms with E-state index in [9.17, 15) is 8.42 Å². The predicted octanol–water partition coefficient (Wildman–Crippen LogP) is 1.97. The Kier molecular flexibility index (Phi) is 2.75. The first-order valence-corrected chi connectivity index (χ1v) is 5.61. The molecule has 0 saturated heterocycles. The van der Waals surface area contributed by atoms with Gasteiger partial charge in [0, 0.05) is 0 Å². The summed E-state index contributed by atoms with van der Waals surface area (Å²) in [6, 6.07) is 6.79. The molecule has 0 bridgehead atoms. The maximum atomic E-state index is 11.3. The lowest BCUT2D eigenvalue weighted by Gasteiger charge is -2.02. The fraction of sp³-hybridized carbons (Fsp3) is 0.250. The third-order valence-corrected chi connectivity index (χ3v) is 3.85. The van der Waals surface area contributed by atoms with Crippen LogP contribution in [-0.4, -0.2) is 13.6 Å². The summed E-state index contributed by atoms with van der Waals surface area (Å²) < 4.78 is 22.6.